The number of hydrogen-bond donors (Lipinski definition) is 1. The zero-order chi connectivity index (χ0) is 20.8. The Hall–Kier alpha value is -3.15. The normalized spacial score (nSPS) is 21.9. The van der Waals surface area contributed by atoms with Gasteiger partial charge in [0.15, 0.2) is 0 Å². The van der Waals surface area contributed by atoms with E-state index >= 15 is 0 Å². The Balaban J connectivity index is 1.48. The summed E-state index contributed by atoms with van der Waals surface area (Å²) >= 11 is 0. The van der Waals surface area contributed by atoms with E-state index in [2.05, 4.69) is 28.0 Å². The standard InChI is InChI=1S/C22H24N6O2/c1-14(29)13-30-19-6-20(22-16(7-23)9-25-28(22)12-19)15-3-4-21(24-8-15)27-10-17-5-18(11-27)26(17)2/h3-4,6,8-9,12,14,17-18,29H,5,10-11,13H2,1-2H3. The number of likely N-dealkylation sites (N-methyl/N-ethyl adjacent to an activating group) is 1. The Morgan fingerprint density at radius 2 is 2.10 bits per heavy atom. The minimum atomic E-state index is -0.577. The van der Waals surface area contributed by atoms with Crippen LogP contribution in [-0.4, -0.2) is 69.5 Å². The lowest BCUT2D eigenvalue weighted by molar-refractivity contribution is 0.0261. The van der Waals surface area contributed by atoms with E-state index in [1.54, 1.807) is 23.8 Å². The Morgan fingerprint density at radius 3 is 2.73 bits per heavy atom. The molecule has 2 bridgehead atoms. The monoisotopic (exact) mass is 404 g/mol. The van der Waals surface area contributed by atoms with E-state index in [-0.39, 0.29) is 6.61 Å². The molecule has 0 saturated carbocycles. The van der Waals surface area contributed by atoms with Crippen LogP contribution < -0.4 is 9.64 Å². The quantitative estimate of drug-likeness (QED) is 0.695. The molecule has 1 N–H and O–H groups in total. The van der Waals surface area contributed by atoms with Gasteiger partial charge in [-0.2, -0.15) is 10.4 Å². The lowest BCUT2D eigenvalue weighted by atomic mass is 9.88. The summed E-state index contributed by atoms with van der Waals surface area (Å²) in [5.41, 5.74) is 2.93. The van der Waals surface area contributed by atoms with E-state index in [0.717, 1.165) is 35.6 Å². The van der Waals surface area contributed by atoms with Crippen LogP contribution in [0.5, 0.6) is 5.75 Å². The average Bonchev–Trinajstić information content (AvgIpc) is 3.20. The first-order valence-corrected chi connectivity index (χ1v) is 10.2. The molecule has 3 fully saturated rings. The summed E-state index contributed by atoms with van der Waals surface area (Å²) in [7, 11) is 2.20. The topological polar surface area (TPSA) is 89.9 Å². The molecular formula is C22H24N6O2. The van der Waals surface area contributed by atoms with E-state index < -0.39 is 6.10 Å². The molecule has 30 heavy (non-hydrogen) atoms. The highest BCUT2D eigenvalue weighted by atomic mass is 16.5. The molecule has 3 aliphatic rings. The van der Waals surface area contributed by atoms with Crippen LogP contribution in [0.2, 0.25) is 0 Å². The highest BCUT2D eigenvalue weighted by molar-refractivity contribution is 5.85. The number of nitrogens with zero attached hydrogens (tertiary/aromatic N) is 6. The fourth-order valence-corrected chi connectivity index (χ4v) is 4.41. The van der Waals surface area contributed by atoms with Crippen molar-refractivity contribution < 1.29 is 9.84 Å². The molecule has 3 saturated heterocycles. The van der Waals surface area contributed by atoms with Crippen LogP contribution in [0, 0.1) is 11.3 Å². The molecule has 6 heterocycles. The highest BCUT2D eigenvalue weighted by Crippen LogP contribution is 2.34. The fraction of sp³-hybridized carbons (Fsp3) is 0.409. The molecule has 0 radical (unpaired) electrons. The largest absolute Gasteiger partial charge is 0.489 e. The van der Waals surface area contributed by atoms with Crippen molar-refractivity contribution in [2.24, 2.45) is 0 Å². The maximum atomic E-state index is 9.54. The van der Waals surface area contributed by atoms with Crippen molar-refractivity contribution in [3.05, 3.63) is 42.4 Å². The summed E-state index contributed by atoms with van der Waals surface area (Å²) in [6.07, 6.45) is 5.82. The number of rotatable bonds is 5. The van der Waals surface area contributed by atoms with Gasteiger partial charge < -0.3 is 14.7 Å². The first kappa shape index (κ1) is 18.9. The molecule has 0 amide bonds. The van der Waals surface area contributed by atoms with Gasteiger partial charge in [-0.15, -0.1) is 0 Å². The Kier molecular flexibility index (Phi) is 4.57. The summed E-state index contributed by atoms with van der Waals surface area (Å²) in [6.45, 7) is 3.87. The number of aromatic nitrogens is 3. The molecule has 3 aromatic heterocycles. The number of aliphatic hydroxyl groups excluding tert-OH is 1. The summed E-state index contributed by atoms with van der Waals surface area (Å²) < 4.78 is 7.35. The van der Waals surface area contributed by atoms with E-state index in [1.807, 2.05) is 24.4 Å². The van der Waals surface area contributed by atoms with Gasteiger partial charge >= 0.3 is 0 Å². The molecule has 3 atom stereocenters. The number of anilines is 1. The molecule has 6 rings (SSSR count). The third-order valence-electron chi connectivity index (χ3n) is 6.14. The molecule has 3 aliphatic heterocycles. The maximum Gasteiger partial charge on any atom is 0.138 e. The Labute approximate surface area is 174 Å². The number of fused-ring (bicyclic) bond motifs is 3. The van der Waals surface area contributed by atoms with Gasteiger partial charge in [0.25, 0.3) is 0 Å². The third kappa shape index (κ3) is 3.16. The molecule has 0 aromatic carbocycles. The van der Waals surface area contributed by atoms with Gasteiger partial charge in [-0.25, -0.2) is 9.50 Å². The van der Waals surface area contributed by atoms with Crippen molar-refractivity contribution in [3.63, 3.8) is 0 Å². The molecule has 8 heteroatoms. The SMILES string of the molecule is CC(O)COc1cc(-c2ccc(N3CC4CC(C3)N4C)nc2)c2c(C#N)cnn2c1. The lowest BCUT2D eigenvalue weighted by Gasteiger charge is -2.55. The minimum absolute atomic E-state index is 0.181. The van der Waals surface area contributed by atoms with Crippen LogP contribution in [0.25, 0.3) is 16.6 Å². The molecule has 8 nitrogen and oxygen atoms in total. The second-order valence-electron chi connectivity index (χ2n) is 8.23. The summed E-state index contributed by atoms with van der Waals surface area (Å²) in [4.78, 5) is 9.52. The van der Waals surface area contributed by atoms with Crippen LogP contribution in [0.3, 0.4) is 0 Å². The van der Waals surface area contributed by atoms with Gasteiger partial charge in [-0.3, -0.25) is 4.90 Å². The summed E-state index contributed by atoms with van der Waals surface area (Å²) in [5.74, 6) is 1.56. The Bertz CT molecular complexity index is 1110. The lowest BCUT2D eigenvalue weighted by Crippen LogP contribution is -2.67. The smallest absolute Gasteiger partial charge is 0.138 e. The third-order valence-corrected chi connectivity index (χ3v) is 6.14. The van der Waals surface area contributed by atoms with Crippen LogP contribution in [0.15, 0.2) is 36.8 Å². The first-order chi connectivity index (χ1) is 14.5. The molecule has 3 unspecified atom stereocenters. The predicted octanol–water partition coefficient (Wildman–Crippen LogP) is 1.92. The van der Waals surface area contributed by atoms with Crippen LogP contribution in [0.4, 0.5) is 5.82 Å². The second-order valence-corrected chi connectivity index (χ2v) is 8.23. The van der Waals surface area contributed by atoms with Crippen molar-refractivity contribution in [1.82, 2.24) is 19.5 Å². The van der Waals surface area contributed by atoms with Gasteiger partial charge in [0.05, 0.1) is 29.6 Å². The molecule has 0 aliphatic carbocycles. The van der Waals surface area contributed by atoms with E-state index in [1.165, 1.54) is 6.42 Å². The number of nitriles is 1. The van der Waals surface area contributed by atoms with Crippen molar-refractivity contribution in [2.45, 2.75) is 31.5 Å². The van der Waals surface area contributed by atoms with Crippen molar-refractivity contribution in [3.8, 4) is 22.9 Å². The van der Waals surface area contributed by atoms with Crippen LogP contribution in [0.1, 0.15) is 18.9 Å². The number of piperazine rings is 1. The predicted molar refractivity (Wildman–Crippen MR) is 112 cm³/mol. The number of aliphatic hydroxyl groups is 1. The van der Waals surface area contributed by atoms with E-state index in [0.29, 0.717) is 23.4 Å². The maximum absolute atomic E-state index is 9.54. The molecule has 0 spiro atoms. The zero-order valence-electron chi connectivity index (χ0n) is 17.1. The van der Waals surface area contributed by atoms with Gasteiger partial charge in [0.2, 0.25) is 0 Å². The minimum Gasteiger partial charge on any atom is -0.489 e. The van der Waals surface area contributed by atoms with Gasteiger partial charge in [-0.1, -0.05) is 0 Å². The van der Waals surface area contributed by atoms with Gasteiger partial charge in [-0.05, 0) is 38.6 Å². The van der Waals surface area contributed by atoms with Crippen LogP contribution >= 0.6 is 0 Å². The van der Waals surface area contributed by atoms with Crippen molar-refractivity contribution in [1.29, 1.82) is 5.26 Å². The summed E-state index contributed by atoms with van der Waals surface area (Å²) in [5, 5.41) is 23.3. The fourth-order valence-electron chi connectivity index (χ4n) is 4.41. The average molecular weight is 404 g/mol. The Morgan fingerprint density at radius 1 is 1.30 bits per heavy atom. The molecular weight excluding hydrogens is 380 g/mol. The number of ether oxygens (including phenoxy) is 1. The van der Waals surface area contributed by atoms with Crippen LogP contribution in [-0.2, 0) is 0 Å². The number of hydrogen-bond acceptors (Lipinski definition) is 7. The second kappa shape index (κ2) is 7.27. The number of pyridine rings is 2. The zero-order valence-corrected chi connectivity index (χ0v) is 17.1. The van der Waals surface area contributed by atoms with Crippen molar-refractivity contribution in [2.75, 3.05) is 31.6 Å². The highest BCUT2D eigenvalue weighted by Gasteiger charge is 2.42. The van der Waals surface area contributed by atoms with Gasteiger partial charge in [0, 0.05) is 42.5 Å². The summed E-state index contributed by atoms with van der Waals surface area (Å²) in [6, 6.07) is 9.41. The molecule has 3 aromatic rings. The van der Waals surface area contributed by atoms with Crippen molar-refractivity contribution >= 4 is 11.3 Å². The molecule has 154 valence electrons. The first-order valence-electron chi connectivity index (χ1n) is 10.2. The van der Waals surface area contributed by atoms with Gasteiger partial charge in [0.1, 0.15) is 24.2 Å². The van der Waals surface area contributed by atoms with E-state index in [9.17, 15) is 10.4 Å². The number of piperidine rings is 1. The van der Waals surface area contributed by atoms with E-state index in [4.69, 9.17) is 9.72 Å².